The molecule has 3 heteroatoms. The number of oxazole rings is 1. The summed E-state index contributed by atoms with van der Waals surface area (Å²) >= 11 is 0. The SMILES string of the molecule is CCCc1cnc(CCCNC2CC2)o1. The third-order valence-corrected chi connectivity index (χ3v) is 2.68. The van der Waals surface area contributed by atoms with Crippen LogP contribution in [-0.2, 0) is 12.8 Å². The van der Waals surface area contributed by atoms with Crippen LogP contribution in [0.3, 0.4) is 0 Å². The Bertz CT molecular complexity index is 292. The van der Waals surface area contributed by atoms with E-state index in [1.807, 2.05) is 6.20 Å². The average molecular weight is 208 g/mol. The van der Waals surface area contributed by atoms with Gasteiger partial charge in [-0.3, -0.25) is 0 Å². The molecule has 0 unspecified atom stereocenters. The van der Waals surface area contributed by atoms with Gasteiger partial charge in [0, 0.05) is 18.9 Å². The van der Waals surface area contributed by atoms with Crippen molar-refractivity contribution in [2.75, 3.05) is 6.54 Å². The second kappa shape index (κ2) is 5.31. The Morgan fingerprint density at radius 1 is 1.47 bits per heavy atom. The van der Waals surface area contributed by atoms with Crippen LogP contribution < -0.4 is 5.32 Å². The zero-order valence-corrected chi connectivity index (χ0v) is 9.46. The Labute approximate surface area is 91.3 Å². The largest absolute Gasteiger partial charge is 0.446 e. The minimum absolute atomic E-state index is 0.810. The molecular weight excluding hydrogens is 188 g/mol. The monoisotopic (exact) mass is 208 g/mol. The molecule has 1 fully saturated rings. The lowest BCUT2D eigenvalue weighted by molar-refractivity contribution is 0.444. The molecule has 3 nitrogen and oxygen atoms in total. The van der Waals surface area contributed by atoms with Crippen molar-refractivity contribution in [3.8, 4) is 0 Å². The summed E-state index contributed by atoms with van der Waals surface area (Å²) in [6.45, 7) is 3.25. The van der Waals surface area contributed by atoms with Gasteiger partial charge in [0.05, 0.1) is 6.20 Å². The summed E-state index contributed by atoms with van der Waals surface area (Å²) in [6.07, 6.45) is 8.81. The Balaban J connectivity index is 1.63. The van der Waals surface area contributed by atoms with E-state index < -0.39 is 0 Å². The molecule has 0 aromatic carbocycles. The third kappa shape index (κ3) is 3.67. The van der Waals surface area contributed by atoms with E-state index in [9.17, 15) is 0 Å². The quantitative estimate of drug-likeness (QED) is 0.699. The van der Waals surface area contributed by atoms with Crippen molar-refractivity contribution in [1.82, 2.24) is 10.3 Å². The van der Waals surface area contributed by atoms with Crippen molar-refractivity contribution >= 4 is 0 Å². The fraction of sp³-hybridized carbons (Fsp3) is 0.750. The Kier molecular flexibility index (Phi) is 3.78. The summed E-state index contributed by atoms with van der Waals surface area (Å²) < 4.78 is 5.61. The predicted molar refractivity (Wildman–Crippen MR) is 59.8 cm³/mol. The molecule has 0 radical (unpaired) electrons. The van der Waals surface area contributed by atoms with Crippen LogP contribution >= 0.6 is 0 Å². The van der Waals surface area contributed by atoms with Crippen molar-refractivity contribution in [3.63, 3.8) is 0 Å². The number of aromatic nitrogens is 1. The standard InChI is InChI=1S/C12H20N2O/c1-2-4-11-9-14-12(15-11)5-3-8-13-10-6-7-10/h9-10,13H,2-8H2,1H3. The molecule has 0 saturated heterocycles. The van der Waals surface area contributed by atoms with Gasteiger partial charge < -0.3 is 9.73 Å². The second-order valence-electron chi connectivity index (χ2n) is 4.30. The zero-order chi connectivity index (χ0) is 10.5. The maximum absolute atomic E-state index is 5.61. The Morgan fingerprint density at radius 3 is 3.07 bits per heavy atom. The molecule has 15 heavy (non-hydrogen) atoms. The van der Waals surface area contributed by atoms with Crippen LogP contribution in [0.2, 0.25) is 0 Å². The van der Waals surface area contributed by atoms with Crippen LogP contribution in [-0.4, -0.2) is 17.6 Å². The van der Waals surface area contributed by atoms with Gasteiger partial charge in [0.1, 0.15) is 5.76 Å². The van der Waals surface area contributed by atoms with Gasteiger partial charge in [-0.25, -0.2) is 4.98 Å². The second-order valence-corrected chi connectivity index (χ2v) is 4.30. The van der Waals surface area contributed by atoms with Crippen LogP contribution in [0.15, 0.2) is 10.6 Å². The normalized spacial score (nSPS) is 15.8. The first kappa shape index (κ1) is 10.7. The molecule has 0 atom stereocenters. The molecular formula is C12H20N2O. The first-order chi connectivity index (χ1) is 7.38. The first-order valence-electron chi connectivity index (χ1n) is 6.05. The maximum Gasteiger partial charge on any atom is 0.194 e. The fourth-order valence-corrected chi connectivity index (χ4v) is 1.66. The fourth-order valence-electron chi connectivity index (χ4n) is 1.66. The van der Waals surface area contributed by atoms with E-state index in [0.717, 1.165) is 49.9 Å². The van der Waals surface area contributed by atoms with Crippen LogP contribution in [0.1, 0.15) is 44.3 Å². The summed E-state index contributed by atoms with van der Waals surface area (Å²) in [5.41, 5.74) is 0. The van der Waals surface area contributed by atoms with Gasteiger partial charge in [0.25, 0.3) is 0 Å². The van der Waals surface area contributed by atoms with Crippen LogP contribution in [0.25, 0.3) is 0 Å². The molecule has 1 aromatic rings. The molecule has 1 aliphatic carbocycles. The number of hydrogen-bond donors (Lipinski definition) is 1. The number of hydrogen-bond acceptors (Lipinski definition) is 3. The van der Waals surface area contributed by atoms with E-state index in [1.165, 1.54) is 12.8 Å². The molecule has 1 aromatic heterocycles. The van der Waals surface area contributed by atoms with E-state index in [1.54, 1.807) is 0 Å². The number of rotatable bonds is 7. The summed E-state index contributed by atoms with van der Waals surface area (Å²) in [4.78, 5) is 4.27. The highest BCUT2D eigenvalue weighted by Gasteiger charge is 2.19. The van der Waals surface area contributed by atoms with Crippen molar-refractivity contribution < 1.29 is 4.42 Å². The Morgan fingerprint density at radius 2 is 2.33 bits per heavy atom. The van der Waals surface area contributed by atoms with E-state index in [0.29, 0.717) is 0 Å². The molecule has 84 valence electrons. The van der Waals surface area contributed by atoms with Crippen molar-refractivity contribution in [3.05, 3.63) is 17.8 Å². The van der Waals surface area contributed by atoms with Gasteiger partial charge in [-0.15, -0.1) is 0 Å². The van der Waals surface area contributed by atoms with Gasteiger partial charge in [0.2, 0.25) is 0 Å². The van der Waals surface area contributed by atoms with Crippen molar-refractivity contribution in [2.45, 2.75) is 51.5 Å². The highest BCUT2D eigenvalue weighted by atomic mass is 16.4. The summed E-state index contributed by atoms with van der Waals surface area (Å²) in [5.74, 6) is 1.93. The van der Waals surface area contributed by atoms with Gasteiger partial charge in [-0.2, -0.15) is 0 Å². The third-order valence-electron chi connectivity index (χ3n) is 2.68. The molecule has 0 amide bonds. The molecule has 1 heterocycles. The lowest BCUT2D eigenvalue weighted by Crippen LogP contribution is -2.17. The summed E-state index contributed by atoms with van der Waals surface area (Å²) in [5, 5.41) is 3.49. The molecule has 0 bridgehead atoms. The zero-order valence-electron chi connectivity index (χ0n) is 9.46. The van der Waals surface area contributed by atoms with E-state index in [-0.39, 0.29) is 0 Å². The molecule has 0 aliphatic heterocycles. The molecule has 1 aliphatic rings. The van der Waals surface area contributed by atoms with E-state index in [2.05, 4.69) is 17.2 Å². The maximum atomic E-state index is 5.61. The predicted octanol–water partition coefficient (Wildman–Crippen LogP) is 2.31. The van der Waals surface area contributed by atoms with E-state index >= 15 is 0 Å². The molecule has 1 saturated carbocycles. The number of aryl methyl sites for hydroxylation is 2. The van der Waals surface area contributed by atoms with Gasteiger partial charge >= 0.3 is 0 Å². The highest BCUT2D eigenvalue weighted by molar-refractivity contribution is 4.94. The lowest BCUT2D eigenvalue weighted by Gasteiger charge is -1.99. The van der Waals surface area contributed by atoms with Gasteiger partial charge in [0.15, 0.2) is 5.89 Å². The molecule has 0 spiro atoms. The Hall–Kier alpha value is -0.830. The summed E-state index contributed by atoms with van der Waals surface area (Å²) in [6, 6.07) is 0.810. The average Bonchev–Trinajstić information content (AvgIpc) is 2.95. The van der Waals surface area contributed by atoms with Gasteiger partial charge in [-0.05, 0) is 32.2 Å². The van der Waals surface area contributed by atoms with Crippen molar-refractivity contribution in [2.24, 2.45) is 0 Å². The van der Waals surface area contributed by atoms with Crippen LogP contribution in [0.5, 0.6) is 0 Å². The van der Waals surface area contributed by atoms with Crippen LogP contribution in [0, 0.1) is 0 Å². The van der Waals surface area contributed by atoms with Crippen molar-refractivity contribution in [1.29, 1.82) is 0 Å². The number of nitrogens with zero attached hydrogens (tertiary/aromatic N) is 1. The summed E-state index contributed by atoms with van der Waals surface area (Å²) in [7, 11) is 0. The van der Waals surface area contributed by atoms with Crippen LogP contribution in [0.4, 0.5) is 0 Å². The molecule has 2 rings (SSSR count). The van der Waals surface area contributed by atoms with Gasteiger partial charge in [-0.1, -0.05) is 6.92 Å². The lowest BCUT2D eigenvalue weighted by atomic mass is 10.3. The number of nitrogens with one attached hydrogen (secondary N) is 1. The smallest absolute Gasteiger partial charge is 0.194 e. The van der Waals surface area contributed by atoms with E-state index in [4.69, 9.17) is 4.42 Å². The first-order valence-corrected chi connectivity index (χ1v) is 6.05. The highest BCUT2D eigenvalue weighted by Crippen LogP contribution is 2.18. The molecule has 1 N–H and O–H groups in total. The topological polar surface area (TPSA) is 38.1 Å². The minimum atomic E-state index is 0.810. The minimum Gasteiger partial charge on any atom is -0.446 e.